The first kappa shape index (κ1) is 24.0. The summed E-state index contributed by atoms with van der Waals surface area (Å²) in [5, 5.41) is 2.04. The van der Waals surface area contributed by atoms with E-state index in [1.165, 1.54) is 17.0 Å². The molecule has 2 heterocycles. The molecule has 0 bridgehead atoms. The molecule has 0 radical (unpaired) electrons. The van der Waals surface area contributed by atoms with Gasteiger partial charge >= 0.3 is 0 Å². The van der Waals surface area contributed by atoms with Gasteiger partial charge in [-0.25, -0.2) is 4.39 Å². The third-order valence-corrected chi connectivity index (χ3v) is 7.99. The Morgan fingerprint density at radius 1 is 1.14 bits per heavy atom. The van der Waals surface area contributed by atoms with E-state index < -0.39 is 0 Å². The van der Waals surface area contributed by atoms with Crippen LogP contribution in [0.15, 0.2) is 64.5 Å². The number of nitrogens with zero attached hydrogens (tertiary/aromatic N) is 2. The average molecular weight is 557 g/mol. The van der Waals surface area contributed by atoms with Crippen molar-refractivity contribution in [3.05, 3.63) is 86.3 Å². The number of hydrogen-bond donors (Lipinski definition) is 0. The van der Waals surface area contributed by atoms with Gasteiger partial charge in [-0.15, -0.1) is 11.3 Å². The van der Waals surface area contributed by atoms with E-state index in [9.17, 15) is 14.0 Å². The van der Waals surface area contributed by atoms with Gasteiger partial charge in [-0.2, -0.15) is 0 Å². The predicted molar refractivity (Wildman–Crippen MR) is 137 cm³/mol. The summed E-state index contributed by atoms with van der Waals surface area (Å²) in [4.78, 5) is 31.8. The highest BCUT2D eigenvalue weighted by molar-refractivity contribution is 9.10. The van der Waals surface area contributed by atoms with Crippen LogP contribution in [0.25, 0.3) is 0 Å². The van der Waals surface area contributed by atoms with Crippen LogP contribution in [0.3, 0.4) is 0 Å². The summed E-state index contributed by atoms with van der Waals surface area (Å²) >= 11 is 5.12. The molecule has 1 atom stereocenters. The number of carbonyl (C=O) groups excluding carboxylic acids is 2. The van der Waals surface area contributed by atoms with Gasteiger partial charge in [0.05, 0.1) is 6.04 Å². The molecule has 182 valence electrons. The number of hydrogen-bond acceptors (Lipinski definition) is 4. The lowest BCUT2D eigenvalue weighted by Gasteiger charge is -2.37. The van der Waals surface area contributed by atoms with E-state index in [0.29, 0.717) is 30.3 Å². The fraction of sp³-hybridized carbons (Fsp3) is 0.333. The molecule has 1 unspecified atom stereocenters. The first-order valence-electron chi connectivity index (χ1n) is 11.8. The van der Waals surface area contributed by atoms with Crippen LogP contribution < -0.4 is 4.74 Å². The summed E-state index contributed by atoms with van der Waals surface area (Å²) in [5.41, 5.74) is 1.66. The Morgan fingerprint density at radius 2 is 1.94 bits per heavy atom. The van der Waals surface area contributed by atoms with Crippen LogP contribution in [0.5, 0.6) is 5.75 Å². The lowest BCUT2D eigenvalue weighted by atomic mass is 10.0. The van der Waals surface area contributed by atoms with Gasteiger partial charge in [-0.05, 0) is 84.7 Å². The van der Waals surface area contributed by atoms with Gasteiger partial charge in [0.15, 0.2) is 0 Å². The van der Waals surface area contributed by atoms with Crippen molar-refractivity contribution in [3.63, 3.8) is 0 Å². The number of ether oxygens (including phenoxy) is 1. The number of benzene rings is 2. The highest BCUT2D eigenvalue weighted by Crippen LogP contribution is 2.35. The second-order valence-electron chi connectivity index (χ2n) is 9.06. The van der Waals surface area contributed by atoms with E-state index in [4.69, 9.17) is 4.74 Å². The minimum atomic E-state index is -0.321. The molecule has 2 aromatic carbocycles. The van der Waals surface area contributed by atoms with Crippen molar-refractivity contribution in [1.82, 2.24) is 9.80 Å². The van der Waals surface area contributed by atoms with E-state index in [-0.39, 0.29) is 36.8 Å². The zero-order valence-corrected chi connectivity index (χ0v) is 21.6. The lowest BCUT2D eigenvalue weighted by Crippen LogP contribution is -2.48. The molecular formula is C27H26BrFN2O3S. The molecule has 0 saturated heterocycles. The van der Waals surface area contributed by atoms with Crippen LogP contribution in [0, 0.1) is 11.7 Å². The van der Waals surface area contributed by atoms with E-state index in [0.717, 1.165) is 29.3 Å². The van der Waals surface area contributed by atoms with Crippen LogP contribution >= 0.6 is 27.3 Å². The molecule has 1 aromatic heterocycles. The van der Waals surface area contributed by atoms with Gasteiger partial charge in [-0.1, -0.05) is 22.0 Å². The van der Waals surface area contributed by atoms with Gasteiger partial charge in [0.25, 0.3) is 5.91 Å². The van der Waals surface area contributed by atoms with Crippen molar-refractivity contribution in [3.8, 4) is 5.75 Å². The van der Waals surface area contributed by atoms with Crippen LogP contribution in [-0.2, 0) is 11.2 Å². The second kappa shape index (κ2) is 10.5. The minimum absolute atomic E-state index is 0.0361. The number of halogens is 2. The Labute approximate surface area is 216 Å². The molecule has 2 aliphatic rings. The van der Waals surface area contributed by atoms with Crippen LogP contribution in [0.4, 0.5) is 4.39 Å². The predicted octanol–water partition coefficient (Wildman–Crippen LogP) is 5.71. The fourth-order valence-corrected chi connectivity index (χ4v) is 5.80. The maximum atomic E-state index is 13.6. The monoisotopic (exact) mass is 556 g/mol. The van der Waals surface area contributed by atoms with Crippen molar-refractivity contribution < 1.29 is 18.7 Å². The highest BCUT2D eigenvalue weighted by atomic mass is 79.9. The lowest BCUT2D eigenvalue weighted by molar-refractivity contribution is -0.135. The number of rotatable bonds is 8. The quantitative estimate of drug-likeness (QED) is 0.357. The minimum Gasteiger partial charge on any atom is -0.491 e. The van der Waals surface area contributed by atoms with Crippen molar-refractivity contribution in [2.45, 2.75) is 25.3 Å². The molecule has 1 aliphatic carbocycles. The Bertz CT molecular complexity index is 1210. The molecule has 1 saturated carbocycles. The number of amides is 2. The first-order valence-corrected chi connectivity index (χ1v) is 13.4. The molecule has 2 amide bonds. The molecule has 0 N–H and O–H groups in total. The smallest absolute Gasteiger partial charge is 0.254 e. The maximum absolute atomic E-state index is 13.6. The van der Waals surface area contributed by atoms with Gasteiger partial charge < -0.3 is 14.5 Å². The SMILES string of the molecule is O=C(c1cccc(Br)c1)N(CC(=O)N1CCc2sccc2C1COc1ccc(F)cc1)CC1CC1. The molecule has 0 spiro atoms. The molecule has 1 aliphatic heterocycles. The molecule has 35 heavy (non-hydrogen) atoms. The Kier molecular flexibility index (Phi) is 7.20. The van der Waals surface area contributed by atoms with Crippen LogP contribution in [0.2, 0.25) is 0 Å². The Morgan fingerprint density at radius 3 is 2.69 bits per heavy atom. The van der Waals surface area contributed by atoms with Crippen molar-refractivity contribution >= 4 is 39.1 Å². The summed E-state index contributed by atoms with van der Waals surface area (Å²) in [6.07, 6.45) is 2.97. The molecule has 5 rings (SSSR count). The van der Waals surface area contributed by atoms with Gasteiger partial charge in [0, 0.05) is 28.0 Å². The summed E-state index contributed by atoms with van der Waals surface area (Å²) in [5.74, 6) is 0.484. The van der Waals surface area contributed by atoms with Crippen molar-refractivity contribution in [2.75, 3.05) is 26.2 Å². The van der Waals surface area contributed by atoms with Crippen molar-refractivity contribution in [2.24, 2.45) is 5.92 Å². The molecular weight excluding hydrogens is 531 g/mol. The topological polar surface area (TPSA) is 49.9 Å². The van der Waals surface area contributed by atoms with Crippen molar-refractivity contribution in [1.29, 1.82) is 0 Å². The molecule has 1 fully saturated rings. The standard InChI is InChI=1S/C27H26BrFN2O3S/c28-20-3-1-2-19(14-20)27(33)30(15-18-4-5-18)16-26(32)31-12-10-25-23(11-13-35-25)24(31)17-34-22-8-6-21(29)7-9-22/h1-3,6-9,11,13-14,18,24H,4-5,10,12,15-17H2. The van der Waals surface area contributed by atoms with E-state index >= 15 is 0 Å². The third kappa shape index (κ3) is 5.76. The van der Waals surface area contributed by atoms with Gasteiger partial charge in [0.1, 0.15) is 24.7 Å². The summed E-state index contributed by atoms with van der Waals surface area (Å²) in [6.45, 7) is 1.47. The van der Waals surface area contributed by atoms with E-state index in [1.807, 2.05) is 28.5 Å². The number of carbonyl (C=O) groups is 2. The van der Waals surface area contributed by atoms with E-state index in [1.54, 1.807) is 40.5 Å². The van der Waals surface area contributed by atoms with Crippen LogP contribution in [-0.4, -0.2) is 47.9 Å². The summed E-state index contributed by atoms with van der Waals surface area (Å²) in [6, 6.07) is 15.0. The third-order valence-electron chi connectivity index (χ3n) is 6.50. The van der Waals surface area contributed by atoms with Gasteiger partial charge in [-0.3, -0.25) is 9.59 Å². The zero-order chi connectivity index (χ0) is 24.4. The Hall–Kier alpha value is -2.71. The number of fused-ring (bicyclic) bond motifs is 1. The summed E-state index contributed by atoms with van der Waals surface area (Å²) < 4.78 is 20.1. The Balaban J connectivity index is 1.34. The molecule has 8 heteroatoms. The normalized spacial score (nSPS) is 17.1. The second-order valence-corrected chi connectivity index (χ2v) is 11.0. The largest absolute Gasteiger partial charge is 0.491 e. The molecule has 5 nitrogen and oxygen atoms in total. The number of thiophene rings is 1. The molecule has 3 aromatic rings. The van der Waals surface area contributed by atoms with Gasteiger partial charge in [0.2, 0.25) is 5.91 Å². The van der Waals surface area contributed by atoms with E-state index in [2.05, 4.69) is 15.9 Å². The highest BCUT2D eigenvalue weighted by Gasteiger charge is 2.35. The first-order chi connectivity index (χ1) is 17.0. The fourth-order valence-electron chi connectivity index (χ4n) is 4.47. The zero-order valence-electron chi connectivity index (χ0n) is 19.2. The average Bonchev–Trinajstić information content (AvgIpc) is 3.54. The summed E-state index contributed by atoms with van der Waals surface area (Å²) in [7, 11) is 0. The van der Waals surface area contributed by atoms with Crippen LogP contribution in [0.1, 0.15) is 39.7 Å². The maximum Gasteiger partial charge on any atom is 0.254 e.